The minimum absolute atomic E-state index is 0.0184. The Morgan fingerprint density at radius 3 is 2.68 bits per heavy atom. The van der Waals surface area contributed by atoms with E-state index >= 15 is 0 Å². The molecule has 0 fully saturated rings. The van der Waals surface area contributed by atoms with Crippen LogP contribution in [0.2, 0.25) is 0 Å². The van der Waals surface area contributed by atoms with Gasteiger partial charge in [0, 0.05) is 6.54 Å². The maximum absolute atomic E-state index is 13.1. The third-order valence-corrected chi connectivity index (χ3v) is 6.16. The van der Waals surface area contributed by atoms with Gasteiger partial charge in [-0.3, -0.25) is 9.71 Å². The van der Waals surface area contributed by atoms with Gasteiger partial charge < -0.3 is 4.74 Å². The molecule has 31 heavy (non-hydrogen) atoms. The Labute approximate surface area is 183 Å². The van der Waals surface area contributed by atoms with Crippen LogP contribution in [-0.4, -0.2) is 28.9 Å². The Bertz CT molecular complexity index is 1170. The maximum Gasteiger partial charge on any atom is 0.322 e. The largest absolute Gasteiger partial charge is 0.424 e. The fourth-order valence-corrected chi connectivity index (χ4v) is 4.31. The Balaban J connectivity index is 1.82. The molecule has 12 heteroatoms. The summed E-state index contributed by atoms with van der Waals surface area (Å²) in [7, 11) is -3.90. The SMILES string of the molecule is C=C1C=CC(S(=O)(=O)N[C@H](C)c2nnc(Oc3ccc(F)cc3)n2CC)=CC1=NSN. The van der Waals surface area contributed by atoms with Gasteiger partial charge in [0.2, 0.25) is 10.0 Å². The number of halogens is 1. The smallest absolute Gasteiger partial charge is 0.322 e. The molecular formula is C19H21FN6O3S2. The molecule has 0 aliphatic heterocycles. The van der Waals surface area contributed by atoms with Crippen molar-refractivity contribution < 1.29 is 17.5 Å². The molecule has 0 spiro atoms. The molecule has 0 amide bonds. The molecule has 2 aromatic rings. The van der Waals surface area contributed by atoms with Gasteiger partial charge in [-0.05, 0) is 55.8 Å². The molecular weight excluding hydrogens is 443 g/mol. The van der Waals surface area contributed by atoms with E-state index in [9.17, 15) is 12.8 Å². The van der Waals surface area contributed by atoms with Crippen molar-refractivity contribution in [2.24, 2.45) is 9.54 Å². The van der Waals surface area contributed by atoms with Crippen LogP contribution in [0.25, 0.3) is 0 Å². The normalized spacial score (nSPS) is 16.5. The number of nitrogens with two attached hydrogens (primary N) is 1. The molecule has 3 N–H and O–H groups in total. The fourth-order valence-electron chi connectivity index (χ4n) is 2.81. The van der Waals surface area contributed by atoms with E-state index in [1.54, 1.807) is 17.6 Å². The number of ether oxygens (including phenoxy) is 1. The first kappa shape index (κ1) is 22.9. The van der Waals surface area contributed by atoms with E-state index in [2.05, 4.69) is 25.9 Å². The maximum atomic E-state index is 13.1. The van der Waals surface area contributed by atoms with Gasteiger partial charge in [-0.15, -0.1) is 5.10 Å². The summed E-state index contributed by atoms with van der Waals surface area (Å²) in [4.78, 5) is 0.0184. The Morgan fingerprint density at radius 1 is 1.32 bits per heavy atom. The van der Waals surface area contributed by atoms with E-state index < -0.39 is 16.1 Å². The lowest BCUT2D eigenvalue weighted by atomic mass is 10.1. The van der Waals surface area contributed by atoms with Gasteiger partial charge in [-0.25, -0.2) is 17.5 Å². The molecule has 3 rings (SSSR count). The molecule has 1 aromatic carbocycles. The van der Waals surface area contributed by atoms with Crippen molar-refractivity contribution in [3.63, 3.8) is 0 Å². The van der Waals surface area contributed by atoms with Gasteiger partial charge in [0.15, 0.2) is 5.82 Å². The Morgan fingerprint density at radius 2 is 2.03 bits per heavy atom. The number of rotatable bonds is 8. The molecule has 1 heterocycles. The third kappa shape index (κ3) is 5.28. The fraction of sp³-hybridized carbons (Fsp3) is 0.211. The average molecular weight is 465 g/mol. The van der Waals surface area contributed by atoms with Gasteiger partial charge in [0.05, 0.1) is 28.8 Å². The zero-order valence-corrected chi connectivity index (χ0v) is 18.5. The van der Waals surface area contributed by atoms with Crippen LogP contribution in [0.15, 0.2) is 63.9 Å². The van der Waals surface area contributed by atoms with Crippen molar-refractivity contribution in [2.45, 2.75) is 26.4 Å². The molecule has 1 aromatic heterocycles. The summed E-state index contributed by atoms with van der Waals surface area (Å²) >= 11 is 0.722. The second-order valence-electron chi connectivity index (χ2n) is 6.47. The monoisotopic (exact) mass is 464 g/mol. The number of nitrogens with one attached hydrogen (secondary N) is 1. The zero-order chi connectivity index (χ0) is 22.6. The van der Waals surface area contributed by atoms with Gasteiger partial charge in [-0.2, -0.15) is 4.40 Å². The van der Waals surface area contributed by atoms with Crippen LogP contribution in [0.1, 0.15) is 25.7 Å². The van der Waals surface area contributed by atoms with Gasteiger partial charge in [0.1, 0.15) is 11.6 Å². The van der Waals surface area contributed by atoms with Crippen molar-refractivity contribution in [2.75, 3.05) is 0 Å². The van der Waals surface area contributed by atoms with E-state index in [0.717, 1.165) is 12.1 Å². The number of allylic oxidation sites excluding steroid dienone is 4. The highest BCUT2D eigenvalue weighted by Gasteiger charge is 2.26. The number of aromatic nitrogens is 3. The lowest BCUT2D eigenvalue weighted by Gasteiger charge is -2.17. The first-order valence-corrected chi connectivity index (χ1v) is 11.5. The molecule has 0 saturated heterocycles. The summed E-state index contributed by atoms with van der Waals surface area (Å²) in [6, 6.07) is 4.90. The minimum Gasteiger partial charge on any atom is -0.424 e. The topological polar surface area (TPSA) is 124 Å². The number of hydrogen-bond acceptors (Lipinski definition) is 8. The Kier molecular flexibility index (Phi) is 7.05. The van der Waals surface area contributed by atoms with E-state index in [4.69, 9.17) is 9.88 Å². The first-order chi connectivity index (χ1) is 14.7. The summed E-state index contributed by atoms with van der Waals surface area (Å²) in [6.07, 6.45) is 4.38. The van der Waals surface area contributed by atoms with Crippen molar-refractivity contribution in [1.82, 2.24) is 19.5 Å². The second-order valence-corrected chi connectivity index (χ2v) is 8.58. The highest BCUT2D eigenvalue weighted by molar-refractivity contribution is 7.96. The van der Waals surface area contributed by atoms with Crippen LogP contribution in [-0.2, 0) is 16.6 Å². The minimum atomic E-state index is -3.90. The lowest BCUT2D eigenvalue weighted by molar-refractivity contribution is 0.407. The molecule has 164 valence electrons. The average Bonchev–Trinajstić information content (AvgIpc) is 3.13. The van der Waals surface area contributed by atoms with Crippen LogP contribution in [0.3, 0.4) is 0 Å². The molecule has 1 aliphatic rings. The van der Waals surface area contributed by atoms with E-state index in [-0.39, 0.29) is 16.7 Å². The van der Waals surface area contributed by atoms with Crippen molar-refractivity contribution in [3.05, 3.63) is 71.2 Å². The van der Waals surface area contributed by atoms with Crippen molar-refractivity contribution >= 4 is 27.9 Å². The quantitative estimate of drug-likeness (QED) is 0.575. The highest BCUT2D eigenvalue weighted by Crippen LogP contribution is 2.25. The molecule has 0 bridgehead atoms. The second kappa shape index (κ2) is 9.56. The van der Waals surface area contributed by atoms with Gasteiger partial charge in [0.25, 0.3) is 0 Å². The van der Waals surface area contributed by atoms with Gasteiger partial charge in [-0.1, -0.05) is 17.8 Å². The molecule has 9 nitrogen and oxygen atoms in total. The summed E-state index contributed by atoms with van der Waals surface area (Å²) < 4.78 is 52.7. The first-order valence-electron chi connectivity index (χ1n) is 9.17. The van der Waals surface area contributed by atoms with Gasteiger partial charge >= 0.3 is 6.01 Å². The molecule has 1 aliphatic carbocycles. The number of benzene rings is 1. The predicted molar refractivity (Wildman–Crippen MR) is 118 cm³/mol. The number of nitrogens with zero attached hydrogens (tertiary/aromatic N) is 4. The number of hydrogen-bond donors (Lipinski definition) is 2. The van der Waals surface area contributed by atoms with Crippen molar-refractivity contribution in [1.29, 1.82) is 0 Å². The lowest BCUT2D eigenvalue weighted by Crippen LogP contribution is -2.30. The van der Waals surface area contributed by atoms with E-state index in [0.29, 0.717) is 29.4 Å². The van der Waals surface area contributed by atoms with E-state index in [1.807, 2.05) is 6.92 Å². The molecule has 1 atom stereocenters. The summed E-state index contributed by atoms with van der Waals surface area (Å²) in [5, 5.41) is 13.4. The Hall–Kier alpha value is -2.80. The predicted octanol–water partition coefficient (Wildman–Crippen LogP) is 3.18. The standard InChI is InChI=1S/C19H21FN6O3S2/c1-4-26-18(22-23-19(26)29-15-8-6-14(20)7-9-15)13(3)25-31(27,28)16-10-5-12(2)17(11-16)24-30-21/h5-11,13,25H,2,4,21H2,1,3H3/t13-/m1/s1. The van der Waals surface area contributed by atoms with Crippen LogP contribution in [0.4, 0.5) is 4.39 Å². The third-order valence-electron chi connectivity index (χ3n) is 4.32. The number of sulfonamides is 1. The summed E-state index contributed by atoms with van der Waals surface area (Å²) in [5.41, 5.74) is 0.924. The van der Waals surface area contributed by atoms with Crippen molar-refractivity contribution in [3.8, 4) is 11.8 Å². The van der Waals surface area contributed by atoms with Crippen LogP contribution in [0, 0.1) is 5.82 Å². The van der Waals surface area contributed by atoms with Crippen LogP contribution < -0.4 is 14.6 Å². The molecule has 0 radical (unpaired) electrons. The zero-order valence-electron chi connectivity index (χ0n) is 16.8. The van der Waals surface area contributed by atoms with Crippen LogP contribution in [0.5, 0.6) is 11.8 Å². The molecule has 0 unspecified atom stereocenters. The highest BCUT2D eigenvalue weighted by atomic mass is 32.2. The molecule has 0 saturated carbocycles. The van der Waals surface area contributed by atoms with E-state index in [1.165, 1.54) is 36.4 Å². The summed E-state index contributed by atoms with van der Waals surface area (Å²) in [6.45, 7) is 7.72. The van der Waals surface area contributed by atoms with Crippen LogP contribution >= 0.6 is 12.1 Å². The summed E-state index contributed by atoms with van der Waals surface area (Å²) in [5.74, 6) is 0.353.